The minimum Gasteiger partial charge on any atom is -0.497 e. The molecule has 0 radical (unpaired) electrons. The maximum Gasteiger partial charge on any atom is 0.255 e. The normalized spacial score (nSPS) is 17.1. The fourth-order valence-corrected chi connectivity index (χ4v) is 3.30. The number of rotatable bonds is 6. The number of nitrogens with one attached hydrogen (secondary N) is 2. The molecule has 0 aromatic heterocycles. The molecule has 0 aliphatic carbocycles. The third-order valence-corrected chi connectivity index (χ3v) is 4.79. The van der Waals surface area contributed by atoms with Crippen LogP contribution in [0.5, 0.6) is 5.75 Å². The lowest BCUT2D eigenvalue weighted by atomic mass is 9.97. The van der Waals surface area contributed by atoms with E-state index in [2.05, 4.69) is 16.7 Å². The zero-order valence-corrected chi connectivity index (χ0v) is 14.8. The lowest BCUT2D eigenvalue weighted by molar-refractivity contribution is 0.102. The third kappa shape index (κ3) is 4.83. The molecule has 1 aliphatic rings. The number of anilines is 1. The van der Waals surface area contributed by atoms with Gasteiger partial charge >= 0.3 is 0 Å². The molecule has 2 aromatic carbocycles. The van der Waals surface area contributed by atoms with Gasteiger partial charge in [0.15, 0.2) is 0 Å². The van der Waals surface area contributed by atoms with Crippen molar-refractivity contribution < 1.29 is 9.53 Å². The maximum atomic E-state index is 12.5. The van der Waals surface area contributed by atoms with Crippen molar-refractivity contribution >= 4 is 11.6 Å². The Kier molecular flexibility index (Phi) is 6.07. The summed E-state index contributed by atoms with van der Waals surface area (Å²) in [5.74, 6) is 0.655. The average molecular weight is 338 g/mol. The van der Waals surface area contributed by atoms with E-state index in [0.717, 1.165) is 30.8 Å². The van der Waals surface area contributed by atoms with Crippen molar-refractivity contribution in [2.75, 3.05) is 19.0 Å². The first-order valence-electron chi connectivity index (χ1n) is 9.03. The summed E-state index contributed by atoms with van der Waals surface area (Å²) in [6.45, 7) is 1.13. The summed E-state index contributed by atoms with van der Waals surface area (Å²) >= 11 is 0. The predicted molar refractivity (Wildman–Crippen MR) is 101 cm³/mol. The summed E-state index contributed by atoms with van der Waals surface area (Å²) in [4.78, 5) is 12.5. The number of amides is 1. The standard InChI is InChI=1S/C21H26N2O2/c1-25-19-13-10-17(11-14-19)21(24)23-20-8-3-2-6-16(20)9-12-18-7-4-5-15-22-18/h2-3,6,8,10-11,13-14,18,22H,4-5,7,9,12,15H2,1H3,(H,23,24)/t18-/m1/s1. The van der Waals surface area contributed by atoms with Gasteiger partial charge in [0.1, 0.15) is 5.75 Å². The summed E-state index contributed by atoms with van der Waals surface area (Å²) in [6.07, 6.45) is 5.92. The molecule has 25 heavy (non-hydrogen) atoms. The highest BCUT2D eigenvalue weighted by molar-refractivity contribution is 6.04. The molecule has 1 heterocycles. The van der Waals surface area contributed by atoms with E-state index in [4.69, 9.17) is 4.74 Å². The lowest BCUT2D eigenvalue weighted by Gasteiger charge is -2.23. The van der Waals surface area contributed by atoms with Gasteiger partial charge in [-0.1, -0.05) is 24.6 Å². The minimum atomic E-state index is -0.0918. The molecule has 1 aliphatic heterocycles. The van der Waals surface area contributed by atoms with Crippen molar-refractivity contribution in [3.05, 3.63) is 59.7 Å². The van der Waals surface area contributed by atoms with Gasteiger partial charge in [-0.05, 0) is 68.1 Å². The van der Waals surface area contributed by atoms with Crippen LogP contribution >= 0.6 is 0 Å². The summed E-state index contributed by atoms with van der Waals surface area (Å²) in [5.41, 5.74) is 2.72. The maximum absolute atomic E-state index is 12.5. The van der Waals surface area contributed by atoms with Crippen molar-refractivity contribution in [1.29, 1.82) is 0 Å². The number of carbonyl (C=O) groups is 1. The molecule has 2 N–H and O–H groups in total. The quantitative estimate of drug-likeness (QED) is 0.836. The van der Waals surface area contributed by atoms with Gasteiger partial charge in [0, 0.05) is 17.3 Å². The Morgan fingerprint density at radius 2 is 1.96 bits per heavy atom. The van der Waals surface area contributed by atoms with E-state index in [1.807, 2.05) is 18.2 Å². The Labute approximate surface area is 149 Å². The monoisotopic (exact) mass is 338 g/mol. The second-order valence-electron chi connectivity index (χ2n) is 6.53. The van der Waals surface area contributed by atoms with Crippen LogP contribution in [-0.4, -0.2) is 25.6 Å². The van der Waals surface area contributed by atoms with E-state index in [1.54, 1.807) is 31.4 Å². The third-order valence-electron chi connectivity index (χ3n) is 4.79. The molecular weight excluding hydrogens is 312 g/mol. The van der Waals surface area contributed by atoms with Gasteiger partial charge in [0.2, 0.25) is 0 Å². The fourth-order valence-electron chi connectivity index (χ4n) is 3.30. The number of hydrogen-bond donors (Lipinski definition) is 2. The average Bonchev–Trinajstić information content (AvgIpc) is 2.68. The molecule has 0 bridgehead atoms. The van der Waals surface area contributed by atoms with E-state index >= 15 is 0 Å². The van der Waals surface area contributed by atoms with E-state index in [0.29, 0.717) is 11.6 Å². The molecule has 1 fully saturated rings. The smallest absolute Gasteiger partial charge is 0.255 e. The SMILES string of the molecule is COc1ccc(C(=O)Nc2ccccc2CC[C@H]2CCCCN2)cc1. The summed E-state index contributed by atoms with van der Waals surface area (Å²) < 4.78 is 5.14. The molecule has 0 spiro atoms. The Bertz CT molecular complexity index is 691. The van der Waals surface area contributed by atoms with Crippen molar-refractivity contribution in [2.45, 2.75) is 38.1 Å². The van der Waals surface area contributed by atoms with E-state index in [-0.39, 0.29) is 5.91 Å². The number of carbonyl (C=O) groups excluding carboxylic acids is 1. The van der Waals surface area contributed by atoms with Crippen LogP contribution in [-0.2, 0) is 6.42 Å². The molecule has 0 saturated carbocycles. The number of benzene rings is 2. The Hall–Kier alpha value is -2.33. The number of piperidine rings is 1. The van der Waals surface area contributed by atoms with Crippen molar-refractivity contribution in [3.63, 3.8) is 0 Å². The summed E-state index contributed by atoms with van der Waals surface area (Å²) in [7, 11) is 1.62. The van der Waals surface area contributed by atoms with Crippen LogP contribution < -0.4 is 15.4 Å². The number of para-hydroxylation sites is 1. The zero-order valence-electron chi connectivity index (χ0n) is 14.8. The molecule has 132 valence electrons. The molecule has 3 rings (SSSR count). The minimum absolute atomic E-state index is 0.0918. The van der Waals surface area contributed by atoms with Crippen molar-refractivity contribution in [1.82, 2.24) is 5.32 Å². The second kappa shape index (κ2) is 8.67. The van der Waals surface area contributed by atoms with Crippen LogP contribution in [0.1, 0.15) is 41.6 Å². The van der Waals surface area contributed by atoms with Crippen molar-refractivity contribution in [3.8, 4) is 5.75 Å². The van der Waals surface area contributed by atoms with Gasteiger partial charge < -0.3 is 15.4 Å². The fraction of sp³-hybridized carbons (Fsp3) is 0.381. The van der Waals surface area contributed by atoms with Gasteiger partial charge in [0.25, 0.3) is 5.91 Å². The van der Waals surface area contributed by atoms with Crippen LogP contribution in [0.15, 0.2) is 48.5 Å². The molecule has 0 unspecified atom stereocenters. The van der Waals surface area contributed by atoms with Gasteiger partial charge in [0.05, 0.1) is 7.11 Å². The van der Waals surface area contributed by atoms with Crippen molar-refractivity contribution in [2.24, 2.45) is 0 Å². The molecule has 4 heteroatoms. The van der Waals surface area contributed by atoms with E-state index in [9.17, 15) is 4.79 Å². The molecule has 1 saturated heterocycles. The summed E-state index contributed by atoms with van der Waals surface area (Å²) in [6, 6.07) is 15.8. The lowest BCUT2D eigenvalue weighted by Crippen LogP contribution is -2.34. The first-order valence-corrected chi connectivity index (χ1v) is 9.03. The van der Waals surface area contributed by atoms with Gasteiger partial charge in [-0.25, -0.2) is 0 Å². The molecular formula is C21H26N2O2. The van der Waals surface area contributed by atoms with Crippen LogP contribution in [0.2, 0.25) is 0 Å². The Balaban J connectivity index is 1.64. The Morgan fingerprint density at radius 1 is 1.16 bits per heavy atom. The number of hydrogen-bond acceptors (Lipinski definition) is 3. The largest absolute Gasteiger partial charge is 0.497 e. The summed E-state index contributed by atoms with van der Waals surface area (Å²) in [5, 5.41) is 6.64. The number of ether oxygens (including phenoxy) is 1. The van der Waals surface area contributed by atoms with E-state index in [1.165, 1.54) is 24.8 Å². The molecule has 2 aromatic rings. The van der Waals surface area contributed by atoms with Gasteiger partial charge in [-0.3, -0.25) is 4.79 Å². The first kappa shape index (κ1) is 17.5. The topological polar surface area (TPSA) is 50.4 Å². The number of methoxy groups -OCH3 is 1. The zero-order chi connectivity index (χ0) is 17.5. The van der Waals surface area contributed by atoms with E-state index < -0.39 is 0 Å². The highest BCUT2D eigenvalue weighted by Crippen LogP contribution is 2.21. The molecule has 1 amide bonds. The Morgan fingerprint density at radius 3 is 2.68 bits per heavy atom. The van der Waals surface area contributed by atoms with Crippen LogP contribution in [0.4, 0.5) is 5.69 Å². The first-order chi connectivity index (χ1) is 12.3. The highest BCUT2D eigenvalue weighted by atomic mass is 16.5. The van der Waals surface area contributed by atoms with Crippen LogP contribution in [0.25, 0.3) is 0 Å². The molecule has 4 nitrogen and oxygen atoms in total. The van der Waals surface area contributed by atoms with Gasteiger partial charge in [-0.2, -0.15) is 0 Å². The predicted octanol–water partition coefficient (Wildman–Crippen LogP) is 4.02. The van der Waals surface area contributed by atoms with Gasteiger partial charge in [-0.15, -0.1) is 0 Å². The second-order valence-corrected chi connectivity index (χ2v) is 6.53. The molecule has 1 atom stereocenters. The van der Waals surface area contributed by atoms with Crippen LogP contribution in [0.3, 0.4) is 0 Å². The van der Waals surface area contributed by atoms with Crippen LogP contribution in [0, 0.1) is 0 Å². The highest BCUT2D eigenvalue weighted by Gasteiger charge is 2.14. The number of aryl methyl sites for hydroxylation is 1.